The maximum Gasteiger partial charge on any atom is 0.251 e. The molecule has 6 nitrogen and oxygen atoms in total. The van der Waals surface area contributed by atoms with Crippen molar-refractivity contribution in [2.45, 2.75) is 20.3 Å². The Labute approximate surface area is 139 Å². The number of aromatic amines is 1. The third kappa shape index (κ3) is 3.65. The Balaban J connectivity index is 2.05. The summed E-state index contributed by atoms with van der Waals surface area (Å²) in [7, 11) is 0. The molecule has 3 aromatic rings. The number of hydrogen-bond acceptors (Lipinski definition) is 5. The fourth-order valence-corrected chi connectivity index (χ4v) is 2.25. The van der Waals surface area contributed by atoms with Crippen molar-refractivity contribution in [3.05, 3.63) is 58.5 Å². The Bertz CT molecular complexity index is 891. The standard InChI is InChI=1S/C18H18N4O2/c1-3-9-24-16-10-12(2)19-17(22-16)18-20-14(11-15(23)21-18)13-7-5-4-6-8-13/h4-8,10-11H,3,9H2,1-2H3,(H,20,21,23). The van der Waals surface area contributed by atoms with Gasteiger partial charge in [0.05, 0.1) is 12.3 Å². The Morgan fingerprint density at radius 3 is 2.62 bits per heavy atom. The van der Waals surface area contributed by atoms with E-state index in [0.717, 1.165) is 17.7 Å². The van der Waals surface area contributed by atoms with Crippen LogP contribution in [-0.4, -0.2) is 26.5 Å². The Kier molecular flexibility index (Phi) is 4.65. The van der Waals surface area contributed by atoms with Crippen LogP contribution in [0, 0.1) is 6.92 Å². The predicted molar refractivity (Wildman–Crippen MR) is 91.8 cm³/mol. The second-order valence-electron chi connectivity index (χ2n) is 5.36. The number of aromatic nitrogens is 4. The van der Waals surface area contributed by atoms with Crippen molar-refractivity contribution >= 4 is 0 Å². The molecule has 0 bridgehead atoms. The highest BCUT2D eigenvalue weighted by Crippen LogP contribution is 2.19. The molecule has 0 amide bonds. The first-order valence-electron chi connectivity index (χ1n) is 7.81. The quantitative estimate of drug-likeness (QED) is 0.781. The molecule has 24 heavy (non-hydrogen) atoms. The molecule has 3 rings (SSSR count). The minimum Gasteiger partial charge on any atom is -0.478 e. The van der Waals surface area contributed by atoms with Crippen LogP contribution in [-0.2, 0) is 0 Å². The van der Waals surface area contributed by atoms with Crippen LogP contribution >= 0.6 is 0 Å². The van der Waals surface area contributed by atoms with Crippen LogP contribution in [0.25, 0.3) is 22.9 Å². The summed E-state index contributed by atoms with van der Waals surface area (Å²) in [5.74, 6) is 1.15. The third-order valence-electron chi connectivity index (χ3n) is 3.31. The summed E-state index contributed by atoms with van der Waals surface area (Å²) in [6.45, 7) is 4.45. The van der Waals surface area contributed by atoms with Crippen molar-refractivity contribution in [1.82, 2.24) is 19.9 Å². The lowest BCUT2D eigenvalue weighted by Gasteiger charge is -2.08. The van der Waals surface area contributed by atoms with Crippen LogP contribution in [0.3, 0.4) is 0 Å². The van der Waals surface area contributed by atoms with Crippen molar-refractivity contribution in [1.29, 1.82) is 0 Å². The lowest BCUT2D eigenvalue weighted by molar-refractivity contribution is 0.304. The number of rotatable bonds is 5. The summed E-state index contributed by atoms with van der Waals surface area (Å²) >= 11 is 0. The van der Waals surface area contributed by atoms with Gasteiger partial charge < -0.3 is 9.72 Å². The fourth-order valence-electron chi connectivity index (χ4n) is 2.25. The van der Waals surface area contributed by atoms with E-state index >= 15 is 0 Å². The van der Waals surface area contributed by atoms with E-state index in [1.165, 1.54) is 6.07 Å². The zero-order valence-corrected chi connectivity index (χ0v) is 13.6. The molecule has 0 aliphatic carbocycles. The molecular formula is C18H18N4O2. The molecule has 0 radical (unpaired) electrons. The molecule has 0 fully saturated rings. The van der Waals surface area contributed by atoms with E-state index in [1.807, 2.05) is 44.2 Å². The molecule has 0 saturated heterocycles. The summed E-state index contributed by atoms with van der Waals surface area (Å²) in [5, 5.41) is 0. The molecule has 122 valence electrons. The Morgan fingerprint density at radius 2 is 1.88 bits per heavy atom. The van der Waals surface area contributed by atoms with Crippen molar-refractivity contribution in [3.63, 3.8) is 0 Å². The van der Waals surface area contributed by atoms with E-state index in [0.29, 0.717) is 29.8 Å². The number of hydrogen-bond donors (Lipinski definition) is 1. The first kappa shape index (κ1) is 15.9. The molecule has 6 heteroatoms. The highest BCUT2D eigenvalue weighted by Gasteiger charge is 2.11. The van der Waals surface area contributed by atoms with Crippen molar-refractivity contribution in [2.75, 3.05) is 6.61 Å². The van der Waals surface area contributed by atoms with Gasteiger partial charge in [-0.05, 0) is 13.3 Å². The van der Waals surface area contributed by atoms with E-state index in [-0.39, 0.29) is 5.56 Å². The maximum absolute atomic E-state index is 12.0. The zero-order chi connectivity index (χ0) is 16.9. The highest BCUT2D eigenvalue weighted by atomic mass is 16.5. The van der Waals surface area contributed by atoms with Gasteiger partial charge in [-0.2, -0.15) is 4.98 Å². The van der Waals surface area contributed by atoms with E-state index in [9.17, 15) is 4.79 Å². The maximum atomic E-state index is 12.0. The lowest BCUT2D eigenvalue weighted by Crippen LogP contribution is -2.10. The molecule has 0 aliphatic rings. The van der Waals surface area contributed by atoms with Crippen molar-refractivity contribution < 1.29 is 4.74 Å². The monoisotopic (exact) mass is 322 g/mol. The number of H-pyrrole nitrogens is 1. The molecule has 2 aromatic heterocycles. The van der Waals surface area contributed by atoms with Crippen LogP contribution in [0.15, 0.2) is 47.3 Å². The molecular weight excluding hydrogens is 304 g/mol. The third-order valence-corrected chi connectivity index (χ3v) is 3.31. The van der Waals surface area contributed by atoms with Crippen LogP contribution in [0.1, 0.15) is 19.0 Å². The summed E-state index contributed by atoms with van der Waals surface area (Å²) in [5.41, 5.74) is 1.94. The van der Waals surface area contributed by atoms with Gasteiger partial charge in [-0.3, -0.25) is 4.79 Å². The van der Waals surface area contributed by atoms with Crippen LogP contribution < -0.4 is 10.3 Å². The average molecular weight is 322 g/mol. The van der Waals surface area contributed by atoms with Gasteiger partial charge in [-0.15, -0.1) is 0 Å². The molecule has 1 N–H and O–H groups in total. The molecule has 0 saturated carbocycles. The molecule has 0 aliphatic heterocycles. The van der Waals surface area contributed by atoms with Gasteiger partial charge in [0.2, 0.25) is 5.88 Å². The molecule has 0 unspecified atom stereocenters. The van der Waals surface area contributed by atoms with E-state index in [1.54, 1.807) is 6.07 Å². The van der Waals surface area contributed by atoms with Gasteiger partial charge in [0.25, 0.3) is 5.56 Å². The summed E-state index contributed by atoms with van der Waals surface area (Å²) in [6, 6.07) is 12.7. The largest absolute Gasteiger partial charge is 0.478 e. The minimum atomic E-state index is -0.250. The van der Waals surface area contributed by atoms with Crippen LogP contribution in [0.2, 0.25) is 0 Å². The SMILES string of the molecule is CCCOc1cc(C)nc(-c2nc(-c3ccccc3)cc(=O)[nH]2)n1. The first-order valence-corrected chi connectivity index (χ1v) is 7.81. The Hall–Kier alpha value is -3.02. The second-order valence-corrected chi connectivity index (χ2v) is 5.36. The molecule has 0 spiro atoms. The topological polar surface area (TPSA) is 80.8 Å². The number of aryl methyl sites for hydroxylation is 1. The lowest BCUT2D eigenvalue weighted by atomic mass is 10.1. The minimum absolute atomic E-state index is 0.250. The smallest absolute Gasteiger partial charge is 0.251 e. The summed E-state index contributed by atoms with van der Waals surface area (Å²) in [4.78, 5) is 27.9. The van der Waals surface area contributed by atoms with Gasteiger partial charge in [0.15, 0.2) is 11.6 Å². The summed E-state index contributed by atoms with van der Waals surface area (Å²) < 4.78 is 5.57. The first-order chi connectivity index (χ1) is 11.7. The number of ether oxygens (including phenoxy) is 1. The summed E-state index contributed by atoms with van der Waals surface area (Å²) in [6.07, 6.45) is 0.886. The molecule has 1 aromatic carbocycles. The van der Waals surface area contributed by atoms with Crippen molar-refractivity contribution in [2.24, 2.45) is 0 Å². The fraction of sp³-hybridized carbons (Fsp3) is 0.222. The van der Waals surface area contributed by atoms with Gasteiger partial charge >= 0.3 is 0 Å². The van der Waals surface area contributed by atoms with Gasteiger partial charge in [0.1, 0.15) is 0 Å². The Morgan fingerprint density at radius 1 is 1.08 bits per heavy atom. The predicted octanol–water partition coefficient (Wildman–Crippen LogP) is 2.99. The number of nitrogens with one attached hydrogen (secondary N) is 1. The van der Waals surface area contributed by atoms with E-state index in [4.69, 9.17) is 4.74 Å². The van der Waals surface area contributed by atoms with Crippen LogP contribution in [0.5, 0.6) is 5.88 Å². The van der Waals surface area contributed by atoms with E-state index in [2.05, 4.69) is 19.9 Å². The normalized spacial score (nSPS) is 10.6. The number of benzene rings is 1. The molecule has 2 heterocycles. The van der Waals surface area contributed by atoms with Gasteiger partial charge in [-0.25, -0.2) is 9.97 Å². The molecule has 0 atom stereocenters. The zero-order valence-electron chi connectivity index (χ0n) is 13.6. The number of nitrogens with zero attached hydrogens (tertiary/aromatic N) is 3. The van der Waals surface area contributed by atoms with Gasteiger partial charge in [-0.1, -0.05) is 37.3 Å². The van der Waals surface area contributed by atoms with E-state index < -0.39 is 0 Å². The van der Waals surface area contributed by atoms with Crippen molar-refractivity contribution in [3.8, 4) is 28.8 Å². The average Bonchev–Trinajstić information content (AvgIpc) is 2.60. The highest BCUT2D eigenvalue weighted by molar-refractivity contribution is 5.60. The second kappa shape index (κ2) is 7.04. The van der Waals surface area contributed by atoms with Gasteiger partial charge in [0, 0.05) is 23.4 Å². The van der Waals surface area contributed by atoms with Crippen LogP contribution in [0.4, 0.5) is 0 Å².